The van der Waals surface area contributed by atoms with Crippen molar-refractivity contribution in [2.45, 2.75) is 40.0 Å². The van der Waals surface area contributed by atoms with Crippen molar-refractivity contribution in [1.82, 2.24) is 4.90 Å². The molecular weight excluding hydrogens is 262 g/mol. The summed E-state index contributed by atoms with van der Waals surface area (Å²) in [6.45, 7) is 7.32. The van der Waals surface area contributed by atoms with Crippen LogP contribution in [0, 0.1) is 18.8 Å². The number of ketones is 1. The van der Waals surface area contributed by atoms with Crippen LogP contribution in [0.1, 0.15) is 49.0 Å². The molecule has 1 aliphatic heterocycles. The summed E-state index contributed by atoms with van der Waals surface area (Å²) >= 11 is 0. The minimum Gasteiger partial charge on any atom is -0.335 e. The van der Waals surface area contributed by atoms with Gasteiger partial charge in [0.15, 0.2) is 5.78 Å². The van der Waals surface area contributed by atoms with E-state index in [1.165, 1.54) is 0 Å². The van der Waals surface area contributed by atoms with Gasteiger partial charge >= 0.3 is 0 Å². The van der Waals surface area contributed by atoms with E-state index in [1.54, 1.807) is 4.90 Å². The molecule has 1 aromatic rings. The number of Topliss-reactive ketones (excluding diaryl/α,β-unsaturated/α-hetero) is 1. The minimum absolute atomic E-state index is 0.0371. The fourth-order valence-electron chi connectivity index (χ4n) is 2.97. The van der Waals surface area contributed by atoms with Gasteiger partial charge in [-0.15, -0.1) is 0 Å². The molecule has 1 saturated heterocycles. The Hall–Kier alpha value is -1.64. The van der Waals surface area contributed by atoms with E-state index in [2.05, 4.69) is 13.8 Å². The predicted molar refractivity (Wildman–Crippen MR) is 84.3 cm³/mol. The number of hydrogen-bond donors (Lipinski definition) is 0. The molecule has 114 valence electrons. The summed E-state index contributed by atoms with van der Waals surface area (Å²) in [5.41, 5.74) is 1.77. The molecule has 2 rings (SSSR count). The SMILES string of the molecule is Cc1cccc(C(=O)CN2CCC(C(C)C)CCC2=O)c1. The summed E-state index contributed by atoms with van der Waals surface area (Å²) in [6.07, 6.45) is 2.53. The maximum Gasteiger partial charge on any atom is 0.222 e. The molecule has 3 heteroatoms. The number of carbonyl (C=O) groups excluding carboxylic acids is 2. The van der Waals surface area contributed by atoms with Crippen LogP contribution in [0.15, 0.2) is 24.3 Å². The van der Waals surface area contributed by atoms with Crippen LogP contribution in [0.4, 0.5) is 0 Å². The Morgan fingerprint density at radius 3 is 2.76 bits per heavy atom. The molecule has 0 aliphatic carbocycles. The van der Waals surface area contributed by atoms with Crippen LogP contribution in [0.5, 0.6) is 0 Å². The Morgan fingerprint density at radius 2 is 2.10 bits per heavy atom. The van der Waals surface area contributed by atoms with E-state index in [0.29, 0.717) is 30.4 Å². The van der Waals surface area contributed by atoms with Crippen molar-refractivity contribution in [3.8, 4) is 0 Å². The zero-order valence-electron chi connectivity index (χ0n) is 13.3. The largest absolute Gasteiger partial charge is 0.335 e. The Balaban J connectivity index is 2.01. The van der Waals surface area contributed by atoms with Gasteiger partial charge in [-0.05, 0) is 37.7 Å². The molecule has 21 heavy (non-hydrogen) atoms. The van der Waals surface area contributed by atoms with Crippen molar-refractivity contribution >= 4 is 11.7 Å². The van der Waals surface area contributed by atoms with Gasteiger partial charge in [-0.3, -0.25) is 9.59 Å². The first-order valence-electron chi connectivity index (χ1n) is 7.85. The van der Waals surface area contributed by atoms with Crippen LogP contribution < -0.4 is 0 Å². The first-order chi connectivity index (χ1) is 9.97. The summed E-state index contributed by atoms with van der Waals surface area (Å²) in [5.74, 6) is 1.35. The molecule has 1 aromatic carbocycles. The van der Waals surface area contributed by atoms with Gasteiger partial charge in [0.05, 0.1) is 6.54 Å². The van der Waals surface area contributed by atoms with Crippen molar-refractivity contribution in [2.75, 3.05) is 13.1 Å². The van der Waals surface area contributed by atoms with Gasteiger partial charge in [0.1, 0.15) is 0 Å². The van der Waals surface area contributed by atoms with Crippen molar-refractivity contribution in [1.29, 1.82) is 0 Å². The van der Waals surface area contributed by atoms with Gasteiger partial charge in [0.25, 0.3) is 0 Å². The summed E-state index contributed by atoms with van der Waals surface area (Å²) < 4.78 is 0. The molecule has 1 atom stereocenters. The minimum atomic E-state index is 0.0371. The molecule has 0 N–H and O–H groups in total. The Bertz CT molecular complexity index is 522. The van der Waals surface area contributed by atoms with Gasteiger partial charge in [-0.2, -0.15) is 0 Å². The monoisotopic (exact) mass is 287 g/mol. The first kappa shape index (κ1) is 15.7. The van der Waals surface area contributed by atoms with Crippen molar-refractivity contribution in [3.05, 3.63) is 35.4 Å². The second kappa shape index (κ2) is 6.88. The summed E-state index contributed by atoms with van der Waals surface area (Å²) in [4.78, 5) is 26.3. The number of carbonyl (C=O) groups is 2. The molecule has 1 amide bonds. The van der Waals surface area contributed by atoms with Gasteiger partial charge in [0, 0.05) is 18.5 Å². The molecule has 1 aliphatic rings. The standard InChI is InChI=1S/C18H25NO2/c1-13(2)15-7-8-18(21)19(10-9-15)12-17(20)16-6-4-5-14(3)11-16/h4-6,11,13,15H,7-10,12H2,1-3H3. The highest BCUT2D eigenvalue weighted by molar-refractivity contribution is 5.99. The zero-order valence-corrected chi connectivity index (χ0v) is 13.3. The first-order valence-corrected chi connectivity index (χ1v) is 7.85. The van der Waals surface area contributed by atoms with Gasteiger partial charge in [-0.25, -0.2) is 0 Å². The number of rotatable bonds is 4. The normalized spacial score (nSPS) is 19.7. The summed E-state index contributed by atoms with van der Waals surface area (Å²) in [5, 5.41) is 0. The lowest BCUT2D eigenvalue weighted by Gasteiger charge is -2.21. The van der Waals surface area contributed by atoms with Crippen molar-refractivity contribution in [2.24, 2.45) is 11.8 Å². The third kappa shape index (κ3) is 4.16. The van der Waals surface area contributed by atoms with Crippen molar-refractivity contribution < 1.29 is 9.59 Å². The molecule has 1 fully saturated rings. The highest BCUT2D eigenvalue weighted by atomic mass is 16.2. The molecule has 0 bridgehead atoms. The van der Waals surface area contributed by atoms with E-state index in [4.69, 9.17) is 0 Å². The number of aryl methyl sites for hydroxylation is 1. The van der Waals surface area contributed by atoms with Gasteiger partial charge in [0.2, 0.25) is 5.91 Å². The number of likely N-dealkylation sites (tertiary alicyclic amines) is 1. The highest BCUT2D eigenvalue weighted by Gasteiger charge is 2.25. The fraction of sp³-hybridized carbons (Fsp3) is 0.556. The highest BCUT2D eigenvalue weighted by Crippen LogP contribution is 2.25. The van der Waals surface area contributed by atoms with E-state index < -0.39 is 0 Å². The van der Waals surface area contributed by atoms with Crippen LogP contribution >= 0.6 is 0 Å². The topological polar surface area (TPSA) is 37.4 Å². The maximum atomic E-state index is 12.3. The number of amides is 1. The van der Waals surface area contributed by atoms with E-state index in [9.17, 15) is 9.59 Å². The average molecular weight is 287 g/mol. The fourth-order valence-corrected chi connectivity index (χ4v) is 2.97. The van der Waals surface area contributed by atoms with E-state index in [0.717, 1.165) is 18.4 Å². The van der Waals surface area contributed by atoms with Crippen molar-refractivity contribution in [3.63, 3.8) is 0 Å². The molecule has 1 heterocycles. The molecule has 0 aromatic heterocycles. The van der Waals surface area contributed by atoms with Crippen LogP contribution in [0.2, 0.25) is 0 Å². The summed E-state index contributed by atoms with van der Waals surface area (Å²) in [7, 11) is 0. The second-order valence-corrected chi connectivity index (χ2v) is 6.44. The maximum absolute atomic E-state index is 12.3. The van der Waals surface area contributed by atoms with E-state index >= 15 is 0 Å². The lowest BCUT2D eigenvalue weighted by Crippen LogP contribution is -2.35. The number of hydrogen-bond acceptors (Lipinski definition) is 2. The molecule has 3 nitrogen and oxygen atoms in total. The lowest BCUT2D eigenvalue weighted by molar-refractivity contribution is -0.130. The van der Waals surface area contributed by atoms with Gasteiger partial charge in [-0.1, -0.05) is 37.6 Å². The third-order valence-corrected chi connectivity index (χ3v) is 4.47. The zero-order chi connectivity index (χ0) is 15.4. The Kier molecular flexibility index (Phi) is 5.16. The van der Waals surface area contributed by atoms with Gasteiger partial charge < -0.3 is 4.90 Å². The quantitative estimate of drug-likeness (QED) is 0.795. The number of nitrogens with zero attached hydrogens (tertiary/aromatic N) is 1. The molecule has 0 radical (unpaired) electrons. The lowest BCUT2D eigenvalue weighted by atomic mass is 9.89. The summed E-state index contributed by atoms with van der Waals surface area (Å²) in [6, 6.07) is 7.58. The van der Waals surface area contributed by atoms with Crippen LogP contribution in [0.3, 0.4) is 0 Å². The van der Waals surface area contributed by atoms with Crippen LogP contribution in [-0.2, 0) is 4.79 Å². The number of benzene rings is 1. The molecule has 1 unspecified atom stereocenters. The average Bonchev–Trinajstić information content (AvgIpc) is 2.62. The van der Waals surface area contributed by atoms with Crippen LogP contribution in [0.25, 0.3) is 0 Å². The Morgan fingerprint density at radius 1 is 1.33 bits per heavy atom. The van der Waals surface area contributed by atoms with E-state index in [1.807, 2.05) is 31.2 Å². The second-order valence-electron chi connectivity index (χ2n) is 6.44. The smallest absolute Gasteiger partial charge is 0.222 e. The van der Waals surface area contributed by atoms with E-state index in [-0.39, 0.29) is 18.2 Å². The van der Waals surface area contributed by atoms with Crippen LogP contribution in [-0.4, -0.2) is 29.7 Å². The molecule has 0 spiro atoms. The predicted octanol–water partition coefficient (Wildman–Crippen LogP) is 3.46. The molecular formula is C18H25NO2. The molecule has 0 saturated carbocycles. The third-order valence-electron chi connectivity index (χ3n) is 4.47. The Labute approximate surface area is 127 Å².